The van der Waals surface area contributed by atoms with E-state index < -0.39 is 0 Å². The minimum atomic E-state index is 0.195. The fraction of sp³-hybridized carbons (Fsp3) is 0.588. The lowest BCUT2D eigenvalue weighted by atomic mass is 9.85. The van der Waals surface area contributed by atoms with Crippen molar-refractivity contribution in [3.8, 4) is 0 Å². The highest BCUT2D eigenvalue weighted by molar-refractivity contribution is 5.80. The molecule has 1 saturated carbocycles. The predicted octanol–water partition coefficient (Wildman–Crippen LogP) is 1.42. The van der Waals surface area contributed by atoms with E-state index in [0.717, 1.165) is 49.1 Å². The molecule has 6 nitrogen and oxygen atoms in total. The Balaban J connectivity index is 1.49. The third-order valence-electron chi connectivity index (χ3n) is 5.08. The zero-order chi connectivity index (χ0) is 15.6. The average molecular weight is 313 g/mol. The molecule has 2 aliphatic rings. The number of amides is 1. The molecule has 1 atom stereocenters. The summed E-state index contributed by atoms with van der Waals surface area (Å²) in [7, 11) is 0. The Hall–Kier alpha value is -1.95. The topological polar surface area (TPSA) is 71.8 Å². The fourth-order valence-corrected chi connectivity index (χ4v) is 3.48. The predicted molar refractivity (Wildman–Crippen MR) is 88.1 cm³/mol. The molecule has 1 saturated heterocycles. The Morgan fingerprint density at radius 3 is 3.04 bits per heavy atom. The van der Waals surface area contributed by atoms with E-state index in [-0.39, 0.29) is 11.8 Å². The number of nitrogens with one attached hydrogen (secondary N) is 2. The lowest BCUT2D eigenvalue weighted by Gasteiger charge is -2.23. The van der Waals surface area contributed by atoms with Gasteiger partial charge in [-0.2, -0.15) is 5.10 Å². The Kier molecular flexibility index (Phi) is 3.99. The van der Waals surface area contributed by atoms with E-state index in [2.05, 4.69) is 21.7 Å². The van der Waals surface area contributed by atoms with Crippen molar-refractivity contribution in [1.29, 1.82) is 0 Å². The molecular weight excluding hydrogens is 290 g/mol. The van der Waals surface area contributed by atoms with Crippen molar-refractivity contribution in [3.63, 3.8) is 0 Å². The maximum Gasteiger partial charge on any atom is 0.223 e. The first-order chi connectivity index (χ1) is 11.3. The average Bonchev–Trinajstić information content (AvgIpc) is 3.13. The molecule has 1 aliphatic carbocycles. The summed E-state index contributed by atoms with van der Waals surface area (Å²) in [4.78, 5) is 16.4. The van der Waals surface area contributed by atoms with E-state index in [1.807, 2.05) is 16.9 Å². The van der Waals surface area contributed by atoms with Gasteiger partial charge in [-0.15, -0.1) is 0 Å². The molecule has 2 N–H and O–H groups in total. The van der Waals surface area contributed by atoms with Gasteiger partial charge >= 0.3 is 0 Å². The van der Waals surface area contributed by atoms with E-state index >= 15 is 0 Å². The summed E-state index contributed by atoms with van der Waals surface area (Å²) in [5.41, 5.74) is 2.07. The molecule has 122 valence electrons. The lowest BCUT2D eigenvalue weighted by Crippen LogP contribution is -2.36. The van der Waals surface area contributed by atoms with E-state index in [0.29, 0.717) is 19.0 Å². The van der Waals surface area contributed by atoms with Gasteiger partial charge in [-0.05, 0) is 37.9 Å². The summed E-state index contributed by atoms with van der Waals surface area (Å²) < 4.78 is 1.95. The van der Waals surface area contributed by atoms with Crippen molar-refractivity contribution >= 4 is 16.9 Å². The molecule has 0 radical (unpaired) electrons. The van der Waals surface area contributed by atoms with Gasteiger partial charge < -0.3 is 10.6 Å². The van der Waals surface area contributed by atoms with Crippen LogP contribution in [0.3, 0.4) is 0 Å². The molecule has 2 fully saturated rings. The van der Waals surface area contributed by atoms with Crippen molar-refractivity contribution in [2.24, 2.45) is 5.92 Å². The number of pyridine rings is 1. The molecule has 1 unspecified atom stereocenters. The number of aromatic nitrogens is 3. The summed E-state index contributed by atoms with van der Waals surface area (Å²) in [5.74, 6) is 0.899. The number of hydrogen-bond acceptors (Lipinski definition) is 4. The van der Waals surface area contributed by atoms with E-state index in [1.165, 1.54) is 6.42 Å². The molecule has 1 amide bonds. The maximum absolute atomic E-state index is 11.9. The van der Waals surface area contributed by atoms with Crippen molar-refractivity contribution in [2.45, 2.75) is 38.1 Å². The zero-order valence-corrected chi connectivity index (χ0v) is 13.3. The smallest absolute Gasteiger partial charge is 0.223 e. The lowest BCUT2D eigenvalue weighted by molar-refractivity contribution is -0.127. The van der Waals surface area contributed by atoms with E-state index in [4.69, 9.17) is 5.10 Å². The molecule has 4 rings (SSSR count). The monoisotopic (exact) mass is 313 g/mol. The normalized spacial score (nSPS) is 21.5. The Bertz CT molecular complexity index is 700. The van der Waals surface area contributed by atoms with Gasteiger partial charge in [-0.3, -0.25) is 4.79 Å². The first-order valence-electron chi connectivity index (χ1n) is 8.63. The van der Waals surface area contributed by atoms with Gasteiger partial charge in [0.05, 0.1) is 12.2 Å². The van der Waals surface area contributed by atoms with Gasteiger partial charge in [0.25, 0.3) is 0 Å². The standard InChI is InChI=1S/C17H23N5O/c23-17(12-3-1-4-12)20-9-10-22-16-14(5-2-7-19-16)15(21-22)13-6-8-18-11-13/h2,5,7,12-13,18H,1,3-4,6,8-11H2,(H,20,23). The van der Waals surface area contributed by atoms with Gasteiger partial charge in [0.1, 0.15) is 0 Å². The van der Waals surface area contributed by atoms with Gasteiger partial charge in [-0.1, -0.05) is 6.42 Å². The van der Waals surface area contributed by atoms with Crippen molar-refractivity contribution in [3.05, 3.63) is 24.0 Å². The van der Waals surface area contributed by atoms with Crippen LogP contribution in [-0.2, 0) is 11.3 Å². The highest BCUT2D eigenvalue weighted by atomic mass is 16.1. The molecule has 0 spiro atoms. The molecule has 2 aromatic rings. The van der Waals surface area contributed by atoms with E-state index in [1.54, 1.807) is 0 Å². The maximum atomic E-state index is 11.9. The van der Waals surface area contributed by atoms with Crippen molar-refractivity contribution in [2.75, 3.05) is 19.6 Å². The second kappa shape index (κ2) is 6.28. The van der Waals surface area contributed by atoms with E-state index in [9.17, 15) is 4.79 Å². The van der Waals surface area contributed by atoms with Gasteiger partial charge in [0, 0.05) is 36.5 Å². The molecule has 2 aromatic heterocycles. The third kappa shape index (κ3) is 2.83. The van der Waals surface area contributed by atoms with Crippen LogP contribution in [0.1, 0.15) is 37.3 Å². The summed E-state index contributed by atoms with van der Waals surface area (Å²) in [6.45, 7) is 3.33. The van der Waals surface area contributed by atoms with Crippen LogP contribution in [0.15, 0.2) is 18.3 Å². The SMILES string of the molecule is O=C(NCCn1nc(C2CCNC2)c2cccnc21)C1CCC1. The molecule has 0 bridgehead atoms. The largest absolute Gasteiger partial charge is 0.354 e. The summed E-state index contributed by atoms with van der Waals surface area (Å²) in [5, 5.41) is 12.4. The second-order valence-electron chi connectivity index (χ2n) is 6.59. The highest BCUT2D eigenvalue weighted by Gasteiger charge is 2.25. The number of fused-ring (bicyclic) bond motifs is 1. The molecule has 23 heavy (non-hydrogen) atoms. The first-order valence-corrected chi connectivity index (χ1v) is 8.63. The first kappa shape index (κ1) is 14.6. The quantitative estimate of drug-likeness (QED) is 0.876. The summed E-state index contributed by atoms with van der Waals surface area (Å²) in [6.07, 6.45) is 6.20. The second-order valence-corrected chi connectivity index (χ2v) is 6.59. The summed E-state index contributed by atoms with van der Waals surface area (Å²) in [6, 6.07) is 4.07. The van der Waals surface area contributed by atoms with Crippen LogP contribution in [0, 0.1) is 5.92 Å². The Morgan fingerprint density at radius 1 is 1.39 bits per heavy atom. The molecule has 6 heteroatoms. The van der Waals surface area contributed by atoms with Crippen molar-refractivity contribution < 1.29 is 4.79 Å². The number of carbonyl (C=O) groups excluding carboxylic acids is 1. The van der Waals surface area contributed by atoms with Gasteiger partial charge in [0.2, 0.25) is 5.91 Å². The van der Waals surface area contributed by atoms with Crippen LogP contribution in [-0.4, -0.2) is 40.3 Å². The van der Waals surface area contributed by atoms with Crippen LogP contribution >= 0.6 is 0 Å². The Morgan fingerprint density at radius 2 is 2.30 bits per heavy atom. The van der Waals surface area contributed by atoms with Crippen LogP contribution in [0.4, 0.5) is 0 Å². The zero-order valence-electron chi connectivity index (χ0n) is 13.3. The van der Waals surface area contributed by atoms with Crippen LogP contribution in [0.5, 0.6) is 0 Å². The summed E-state index contributed by atoms with van der Waals surface area (Å²) >= 11 is 0. The van der Waals surface area contributed by atoms with Gasteiger partial charge in [-0.25, -0.2) is 9.67 Å². The molecule has 1 aliphatic heterocycles. The van der Waals surface area contributed by atoms with Crippen molar-refractivity contribution in [1.82, 2.24) is 25.4 Å². The Labute approximate surface area is 135 Å². The van der Waals surface area contributed by atoms with Crippen LogP contribution < -0.4 is 10.6 Å². The number of carbonyl (C=O) groups is 1. The van der Waals surface area contributed by atoms with Gasteiger partial charge in [0.15, 0.2) is 5.65 Å². The number of hydrogen-bond donors (Lipinski definition) is 2. The molecule has 3 heterocycles. The van der Waals surface area contributed by atoms with Crippen LogP contribution in [0.25, 0.3) is 11.0 Å². The fourth-order valence-electron chi connectivity index (χ4n) is 3.48. The highest BCUT2D eigenvalue weighted by Crippen LogP contribution is 2.28. The molecular formula is C17H23N5O. The minimum absolute atomic E-state index is 0.195. The number of nitrogens with zero attached hydrogens (tertiary/aromatic N) is 3. The minimum Gasteiger partial charge on any atom is -0.354 e. The third-order valence-corrected chi connectivity index (χ3v) is 5.08. The van der Waals surface area contributed by atoms with Crippen LogP contribution in [0.2, 0.25) is 0 Å². The number of rotatable bonds is 5. The molecule has 0 aromatic carbocycles.